The third-order valence-corrected chi connectivity index (χ3v) is 5.86. The van der Waals surface area contributed by atoms with Gasteiger partial charge in [-0.05, 0) is 18.2 Å². The van der Waals surface area contributed by atoms with Crippen LogP contribution >= 0.6 is 11.6 Å². The van der Waals surface area contributed by atoms with Crippen LogP contribution in [0.25, 0.3) is 11.4 Å². The van der Waals surface area contributed by atoms with Crippen LogP contribution in [0.3, 0.4) is 0 Å². The molecule has 2 aromatic rings. The minimum atomic E-state index is -3.37. The summed E-state index contributed by atoms with van der Waals surface area (Å²) >= 11 is 5.88. The van der Waals surface area contributed by atoms with E-state index < -0.39 is 15.8 Å². The third-order valence-electron chi connectivity index (χ3n) is 3.79. The zero-order chi connectivity index (χ0) is 17.2. The highest BCUT2D eigenvalue weighted by atomic mass is 35.5. The molecule has 0 atom stereocenters. The molecule has 1 aliphatic heterocycles. The standard InChI is InChI=1S/C15H17ClFN3O3S/c16-13-9-12(10-14(17)11-13)15-18-1-2-19(15)5-8-24(21,22)20-3-6-23-7-4-20/h1-2,9-11H,3-8H2. The van der Waals surface area contributed by atoms with Crippen LogP contribution < -0.4 is 0 Å². The van der Waals surface area contributed by atoms with Gasteiger partial charge >= 0.3 is 0 Å². The summed E-state index contributed by atoms with van der Waals surface area (Å²) in [5.74, 6) is -0.0408. The van der Waals surface area contributed by atoms with Crippen LogP contribution in [0.4, 0.5) is 4.39 Å². The first kappa shape index (κ1) is 17.3. The monoisotopic (exact) mass is 373 g/mol. The lowest BCUT2D eigenvalue weighted by Crippen LogP contribution is -2.42. The number of morpholine rings is 1. The molecule has 3 rings (SSSR count). The maximum atomic E-state index is 13.5. The average molecular weight is 374 g/mol. The Labute approximate surface area is 144 Å². The molecule has 24 heavy (non-hydrogen) atoms. The number of imidazole rings is 1. The Balaban J connectivity index is 1.76. The minimum Gasteiger partial charge on any atom is -0.379 e. The van der Waals surface area contributed by atoms with Gasteiger partial charge in [0, 0.05) is 42.6 Å². The maximum Gasteiger partial charge on any atom is 0.216 e. The quantitative estimate of drug-likeness (QED) is 0.804. The van der Waals surface area contributed by atoms with Crippen molar-refractivity contribution in [3.05, 3.63) is 41.4 Å². The van der Waals surface area contributed by atoms with Gasteiger partial charge < -0.3 is 9.30 Å². The van der Waals surface area contributed by atoms with Crippen LogP contribution in [0.2, 0.25) is 5.02 Å². The summed E-state index contributed by atoms with van der Waals surface area (Å²) in [7, 11) is -3.37. The van der Waals surface area contributed by atoms with Crippen molar-refractivity contribution in [2.24, 2.45) is 0 Å². The molecule has 0 saturated carbocycles. The zero-order valence-electron chi connectivity index (χ0n) is 12.9. The molecule has 1 aromatic heterocycles. The van der Waals surface area contributed by atoms with E-state index in [4.69, 9.17) is 16.3 Å². The Morgan fingerprint density at radius 2 is 2.00 bits per heavy atom. The Hall–Kier alpha value is -1.48. The van der Waals surface area contributed by atoms with Gasteiger partial charge in [0.05, 0.1) is 19.0 Å². The second-order valence-corrected chi connectivity index (χ2v) is 7.95. The van der Waals surface area contributed by atoms with Crippen molar-refractivity contribution in [3.63, 3.8) is 0 Å². The second kappa shape index (κ2) is 7.18. The molecule has 130 valence electrons. The van der Waals surface area contributed by atoms with Crippen LogP contribution in [-0.4, -0.2) is 54.3 Å². The molecule has 2 heterocycles. The van der Waals surface area contributed by atoms with Crippen LogP contribution in [0.15, 0.2) is 30.6 Å². The molecule has 9 heteroatoms. The van der Waals surface area contributed by atoms with E-state index in [1.54, 1.807) is 23.0 Å². The summed E-state index contributed by atoms with van der Waals surface area (Å²) < 4.78 is 46.6. The lowest BCUT2D eigenvalue weighted by Gasteiger charge is -2.26. The molecule has 0 unspecified atom stereocenters. The van der Waals surface area contributed by atoms with E-state index in [2.05, 4.69) is 4.98 Å². The largest absolute Gasteiger partial charge is 0.379 e. The van der Waals surface area contributed by atoms with Gasteiger partial charge in [-0.15, -0.1) is 0 Å². The van der Waals surface area contributed by atoms with Gasteiger partial charge in [0.1, 0.15) is 11.6 Å². The molecule has 0 bridgehead atoms. The fraction of sp³-hybridized carbons (Fsp3) is 0.400. The number of halogens is 2. The zero-order valence-corrected chi connectivity index (χ0v) is 14.4. The van der Waals surface area contributed by atoms with Crippen LogP contribution in [0.5, 0.6) is 0 Å². The molecule has 0 N–H and O–H groups in total. The van der Waals surface area contributed by atoms with Crippen LogP contribution in [-0.2, 0) is 21.3 Å². The number of aryl methyl sites for hydroxylation is 1. The van der Waals surface area contributed by atoms with Gasteiger partial charge in [0.25, 0.3) is 0 Å². The Kier molecular flexibility index (Phi) is 5.19. The number of hydrogen-bond acceptors (Lipinski definition) is 4. The number of rotatable bonds is 5. The molecule has 1 aromatic carbocycles. The highest BCUT2D eigenvalue weighted by Gasteiger charge is 2.24. The van der Waals surface area contributed by atoms with Crippen molar-refractivity contribution in [3.8, 4) is 11.4 Å². The molecular weight excluding hydrogens is 357 g/mol. The van der Waals surface area contributed by atoms with E-state index in [0.29, 0.717) is 37.7 Å². The fourth-order valence-corrected chi connectivity index (χ4v) is 4.21. The van der Waals surface area contributed by atoms with Crippen LogP contribution in [0.1, 0.15) is 0 Å². The van der Waals surface area contributed by atoms with E-state index in [-0.39, 0.29) is 17.3 Å². The first-order valence-corrected chi connectivity index (χ1v) is 9.47. The highest BCUT2D eigenvalue weighted by Crippen LogP contribution is 2.23. The predicted octanol–water partition coefficient (Wildman–Crippen LogP) is 2.00. The SMILES string of the molecule is O=S(=O)(CCn1ccnc1-c1cc(F)cc(Cl)c1)N1CCOCC1. The smallest absolute Gasteiger partial charge is 0.216 e. The number of aromatic nitrogens is 2. The lowest BCUT2D eigenvalue weighted by atomic mass is 10.2. The molecule has 1 saturated heterocycles. The van der Waals surface area contributed by atoms with Gasteiger partial charge in [-0.25, -0.2) is 17.8 Å². The summed E-state index contributed by atoms with van der Waals surface area (Å²) in [5.41, 5.74) is 0.508. The lowest BCUT2D eigenvalue weighted by molar-refractivity contribution is 0.0730. The van der Waals surface area contributed by atoms with Gasteiger partial charge in [-0.2, -0.15) is 4.31 Å². The first-order chi connectivity index (χ1) is 11.5. The average Bonchev–Trinajstić information content (AvgIpc) is 3.02. The second-order valence-electron chi connectivity index (χ2n) is 5.43. The Morgan fingerprint density at radius 3 is 2.71 bits per heavy atom. The van der Waals surface area contributed by atoms with E-state index in [1.165, 1.54) is 16.4 Å². The summed E-state index contributed by atoms with van der Waals surface area (Å²) in [6.45, 7) is 1.80. The maximum absolute atomic E-state index is 13.5. The first-order valence-electron chi connectivity index (χ1n) is 7.49. The number of sulfonamides is 1. The van der Waals surface area contributed by atoms with Gasteiger partial charge in [-0.3, -0.25) is 0 Å². The molecule has 0 spiro atoms. The van der Waals surface area contributed by atoms with E-state index >= 15 is 0 Å². The summed E-state index contributed by atoms with van der Waals surface area (Å²) in [4.78, 5) is 4.19. The minimum absolute atomic E-state index is 0.0561. The fourth-order valence-electron chi connectivity index (χ4n) is 2.60. The molecule has 1 aliphatic rings. The number of nitrogens with zero attached hydrogens (tertiary/aromatic N) is 3. The Morgan fingerprint density at radius 1 is 1.25 bits per heavy atom. The van der Waals surface area contributed by atoms with Gasteiger partial charge in [-0.1, -0.05) is 11.6 Å². The number of hydrogen-bond donors (Lipinski definition) is 0. The highest BCUT2D eigenvalue weighted by molar-refractivity contribution is 7.89. The van der Waals surface area contributed by atoms with E-state index in [9.17, 15) is 12.8 Å². The topological polar surface area (TPSA) is 64.4 Å². The van der Waals surface area contributed by atoms with Crippen LogP contribution in [0, 0.1) is 5.82 Å². The molecule has 6 nitrogen and oxygen atoms in total. The van der Waals surface area contributed by atoms with Gasteiger partial charge in [0.15, 0.2) is 0 Å². The molecule has 0 radical (unpaired) electrons. The summed E-state index contributed by atoms with van der Waals surface area (Å²) in [5, 5.41) is 0.264. The van der Waals surface area contributed by atoms with Crippen molar-refractivity contribution < 1.29 is 17.5 Å². The van der Waals surface area contributed by atoms with E-state index in [0.717, 1.165) is 0 Å². The number of benzene rings is 1. The van der Waals surface area contributed by atoms with E-state index in [1.807, 2.05) is 0 Å². The Bertz CT molecular complexity index is 799. The normalized spacial score (nSPS) is 16.4. The van der Waals surface area contributed by atoms with Gasteiger partial charge in [0.2, 0.25) is 10.0 Å². The molecule has 1 fully saturated rings. The molecule has 0 aliphatic carbocycles. The third kappa shape index (κ3) is 3.94. The molecule has 0 amide bonds. The molecular formula is C15H17ClFN3O3S. The summed E-state index contributed by atoms with van der Waals surface area (Å²) in [6, 6.07) is 4.13. The summed E-state index contributed by atoms with van der Waals surface area (Å²) in [6.07, 6.45) is 3.22. The van der Waals surface area contributed by atoms with Crippen molar-refractivity contribution in [2.75, 3.05) is 32.1 Å². The van der Waals surface area contributed by atoms with Crippen molar-refractivity contribution in [2.45, 2.75) is 6.54 Å². The van der Waals surface area contributed by atoms with Crippen molar-refractivity contribution >= 4 is 21.6 Å². The van der Waals surface area contributed by atoms with Crippen molar-refractivity contribution in [1.82, 2.24) is 13.9 Å². The van der Waals surface area contributed by atoms with Crippen molar-refractivity contribution in [1.29, 1.82) is 0 Å². The number of ether oxygens (including phenoxy) is 1. The predicted molar refractivity (Wildman–Crippen MR) is 88.8 cm³/mol.